The van der Waals surface area contributed by atoms with Crippen molar-refractivity contribution in [3.63, 3.8) is 0 Å². The van der Waals surface area contributed by atoms with Crippen LogP contribution in [0.4, 0.5) is 0 Å². The van der Waals surface area contributed by atoms with E-state index in [2.05, 4.69) is 25.8 Å². The van der Waals surface area contributed by atoms with E-state index in [1.54, 1.807) is 0 Å². The van der Waals surface area contributed by atoms with Crippen molar-refractivity contribution in [2.24, 2.45) is 4.99 Å². The Kier molecular flexibility index (Phi) is 3.29. The molecule has 0 bridgehead atoms. The molecule has 2 heteroatoms. The van der Waals surface area contributed by atoms with E-state index in [0.29, 0.717) is 0 Å². The highest BCUT2D eigenvalue weighted by Gasteiger charge is 2.10. The third kappa shape index (κ3) is 2.20. The van der Waals surface area contributed by atoms with Crippen LogP contribution in [0.1, 0.15) is 27.7 Å². The molecule has 0 aromatic rings. The van der Waals surface area contributed by atoms with Gasteiger partial charge >= 0.3 is 0 Å². The van der Waals surface area contributed by atoms with E-state index < -0.39 is 0 Å². The predicted molar refractivity (Wildman–Crippen MR) is 56.1 cm³/mol. The second kappa shape index (κ2) is 4.26. The molecule has 1 aliphatic rings. The van der Waals surface area contributed by atoms with Gasteiger partial charge in [0.25, 0.3) is 0 Å². The van der Waals surface area contributed by atoms with Crippen molar-refractivity contribution in [2.45, 2.75) is 27.7 Å². The smallest absolute Gasteiger partial charge is 0.123 e. The molecule has 0 fully saturated rings. The Bertz CT molecular complexity index is 284. The molecule has 0 aromatic heterocycles. The standard InChI is InChI=1S/C11H17NO/c1-5-13-11-9(3)7-12-6-8(2)10(11)4/h6H,5,7H2,1-4H3. The minimum atomic E-state index is 0.720. The fourth-order valence-electron chi connectivity index (χ4n) is 1.36. The maximum absolute atomic E-state index is 5.60. The third-order valence-electron chi connectivity index (χ3n) is 2.22. The Hall–Kier alpha value is -1.05. The molecule has 0 aliphatic carbocycles. The van der Waals surface area contributed by atoms with Crippen LogP contribution in [0.15, 0.2) is 27.5 Å². The highest BCUT2D eigenvalue weighted by Crippen LogP contribution is 2.21. The molecule has 13 heavy (non-hydrogen) atoms. The molecule has 0 radical (unpaired) electrons. The van der Waals surface area contributed by atoms with Gasteiger partial charge in [-0.25, -0.2) is 0 Å². The average molecular weight is 179 g/mol. The van der Waals surface area contributed by atoms with Crippen molar-refractivity contribution in [1.82, 2.24) is 0 Å². The molecule has 0 saturated carbocycles. The van der Waals surface area contributed by atoms with Gasteiger partial charge in [-0.3, -0.25) is 4.99 Å². The quantitative estimate of drug-likeness (QED) is 0.638. The largest absolute Gasteiger partial charge is 0.494 e. The van der Waals surface area contributed by atoms with E-state index >= 15 is 0 Å². The molecule has 72 valence electrons. The minimum Gasteiger partial charge on any atom is -0.494 e. The summed E-state index contributed by atoms with van der Waals surface area (Å²) in [6, 6.07) is 0. The van der Waals surface area contributed by atoms with E-state index in [1.165, 1.54) is 16.7 Å². The topological polar surface area (TPSA) is 21.6 Å². The summed E-state index contributed by atoms with van der Waals surface area (Å²) >= 11 is 0. The SMILES string of the molecule is CCOC1=C(C)CN=CC(C)=C1C. The monoisotopic (exact) mass is 179 g/mol. The van der Waals surface area contributed by atoms with Gasteiger partial charge in [0.1, 0.15) is 5.76 Å². The summed E-state index contributed by atoms with van der Waals surface area (Å²) in [6.07, 6.45) is 1.92. The summed E-state index contributed by atoms with van der Waals surface area (Å²) in [7, 11) is 0. The van der Waals surface area contributed by atoms with Crippen LogP contribution in [0.2, 0.25) is 0 Å². The molecule has 2 nitrogen and oxygen atoms in total. The second-order valence-corrected chi connectivity index (χ2v) is 3.32. The highest BCUT2D eigenvalue weighted by molar-refractivity contribution is 5.80. The molecule has 0 spiro atoms. The van der Waals surface area contributed by atoms with Crippen molar-refractivity contribution < 1.29 is 4.74 Å². The molecule has 0 aromatic carbocycles. The van der Waals surface area contributed by atoms with Crippen molar-refractivity contribution in [2.75, 3.05) is 13.2 Å². The molecule has 1 rings (SSSR count). The van der Waals surface area contributed by atoms with Crippen LogP contribution in [-0.4, -0.2) is 19.4 Å². The molecule has 0 N–H and O–H groups in total. The summed E-state index contributed by atoms with van der Waals surface area (Å²) in [5.74, 6) is 1.03. The van der Waals surface area contributed by atoms with Crippen LogP contribution in [-0.2, 0) is 4.74 Å². The lowest BCUT2D eigenvalue weighted by Gasteiger charge is -2.12. The number of ether oxygens (including phenoxy) is 1. The van der Waals surface area contributed by atoms with Gasteiger partial charge < -0.3 is 4.74 Å². The molecule has 0 unspecified atom stereocenters. The third-order valence-corrected chi connectivity index (χ3v) is 2.22. The zero-order valence-corrected chi connectivity index (χ0v) is 8.85. The molecular weight excluding hydrogens is 162 g/mol. The van der Waals surface area contributed by atoms with Crippen LogP contribution in [0.25, 0.3) is 0 Å². The van der Waals surface area contributed by atoms with E-state index in [0.717, 1.165) is 18.9 Å². The van der Waals surface area contributed by atoms with Crippen LogP contribution >= 0.6 is 0 Å². The zero-order chi connectivity index (χ0) is 9.84. The fourth-order valence-corrected chi connectivity index (χ4v) is 1.36. The summed E-state index contributed by atoms with van der Waals surface area (Å²) < 4.78 is 5.60. The van der Waals surface area contributed by atoms with Gasteiger partial charge in [-0.05, 0) is 44.4 Å². The molecule has 0 amide bonds. The summed E-state index contributed by atoms with van der Waals surface area (Å²) in [5.41, 5.74) is 3.62. The van der Waals surface area contributed by atoms with Crippen molar-refractivity contribution in [3.8, 4) is 0 Å². The van der Waals surface area contributed by atoms with Gasteiger partial charge in [-0.1, -0.05) is 0 Å². The van der Waals surface area contributed by atoms with Crippen molar-refractivity contribution in [3.05, 3.63) is 22.5 Å². The van der Waals surface area contributed by atoms with Crippen LogP contribution in [0.3, 0.4) is 0 Å². The molecule has 1 aliphatic heterocycles. The summed E-state index contributed by atoms with van der Waals surface area (Å²) in [4.78, 5) is 4.30. The Morgan fingerprint density at radius 1 is 1.38 bits per heavy atom. The van der Waals surface area contributed by atoms with Crippen molar-refractivity contribution in [1.29, 1.82) is 0 Å². The van der Waals surface area contributed by atoms with Crippen LogP contribution in [0, 0.1) is 0 Å². The molecule has 0 atom stereocenters. The van der Waals surface area contributed by atoms with Gasteiger partial charge in [-0.2, -0.15) is 0 Å². The lowest BCUT2D eigenvalue weighted by Crippen LogP contribution is -1.99. The summed E-state index contributed by atoms with van der Waals surface area (Å²) in [6.45, 7) is 9.71. The van der Waals surface area contributed by atoms with Gasteiger partial charge in [0, 0.05) is 6.21 Å². The lowest BCUT2D eigenvalue weighted by atomic mass is 10.1. The van der Waals surface area contributed by atoms with E-state index in [9.17, 15) is 0 Å². The Morgan fingerprint density at radius 2 is 2.08 bits per heavy atom. The number of hydrogen-bond donors (Lipinski definition) is 0. The Morgan fingerprint density at radius 3 is 2.69 bits per heavy atom. The number of nitrogens with zero attached hydrogens (tertiary/aromatic N) is 1. The first-order valence-electron chi connectivity index (χ1n) is 4.67. The first kappa shape index (κ1) is 10.0. The minimum absolute atomic E-state index is 0.720. The van der Waals surface area contributed by atoms with Gasteiger partial charge in [0.05, 0.1) is 13.2 Å². The van der Waals surface area contributed by atoms with E-state index in [4.69, 9.17) is 4.74 Å². The molecule has 0 saturated heterocycles. The lowest BCUT2D eigenvalue weighted by molar-refractivity contribution is 0.233. The predicted octanol–water partition coefficient (Wildman–Crippen LogP) is 2.72. The normalized spacial score (nSPS) is 17.8. The molecule has 1 heterocycles. The molecular formula is C11H17NO. The average Bonchev–Trinajstić information content (AvgIpc) is 2.21. The number of aliphatic imine (C=N–C) groups is 1. The first-order chi connectivity index (χ1) is 6.16. The van der Waals surface area contributed by atoms with E-state index in [-0.39, 0.29) is 0 Å². The fraction of sp³-hybridized carbons (Fsp3) is 0.545. The van der Waals surface area contributed by atoms with Gasteiger partial charge in [0.15, 0.2) is 0 Å². The number of rotatable bonds is 2. The maximum Gasteiger partial charge on any atom is 0.123 e. The van der Waals surface area contributed by atoms with E-state index in [1.807, 2.05) is 13.1 Å². The second-order valence-electron chi connectivity index (χ2n) is 3.32. The number of hydrogen-bond acceptors (Lipinski definition) is 2. The maximum atomic E-state index is 5.60. The zero-order valence-electron chi connectivity index (χ0n) is 8.85. The Labute approximate surface area is 80.0 Å². The van der Waals surface area contributed by atoms with Crippen LogP contribution in [0.5, 0.6) is 0 Å². The first-order valence-corrected chi connectivity index (χ1v) is 4.67. The van der Waals surface area contributed by atoms with Gasteiger partial charge in [-0.15, -0.1) is 0 Å². The Balaban J connectivity index is 3.05. The van der Waals surface area contributed by atoms with Crippen LogP contribution < -0.4 is 0 Å². The summed E-state index contributed by atoms with van der Waals surface area (Å²) in [5, 5.41) is 0. The van der Waals surface area contributed by atoms with Gasteiger partial charge in [0.2, 0.25) is 0 Å². The van der Waals surface area contributed by atoms with Crippen molar-refractivity contribution >= 4 is 6.21 Å². The highest BCUT2D eigenvalue weighted by atomic mass is 16.5. The number of allylic oxidation sites excluding steroid dienone is 2.